The number of hydrogen-bond donors (Lipinski definition) is 1. The second-order valence-corrected chi connectivity index (χ2v) is 8.34. The lowest BCUT2D eigenvalue weighted by atomic mass is 10.1. The Hall–Kier alpha value is -3.04. The largest absolute Gasteiger partial charge is 0.302 e. The van der Waals surface area contributed by atoms with Crippen molar-refractivity contribution in [3.8, 4) is 11.3 Å². The second kappa shape index (κ2) is 8.14. The first kappa shape index (κ1) is 19.3. The van der Waals surface area contributed by atoms with Gasteiger partial charge >= 0.3 is 0 Å². The Morgan fingerprint density at radius 3 is 2.79 bits per heavy atom. The number of fused-ring (bicyclic) bond motifs is 1. The van der Waals surface area contributed by atoms with E-state index in [9.17, 15) is 9.18 Å². The van der Waals surface area contributed by atoms with Crippen LogP contribution >= 0.6 is 23.3 Å². The predicted octanol–water partition coefficient (Wildman–Crippen LogP) is 4.99. The molecule has 0 atom stereocenters. The molecule has 1 amide bonds. The maximum absolute atomic E-state index is 13.9. The minimum absolute atomic E-state index is 0.153. The number of amides is 1. The SMILES string of the molecule is CC(=O)Nc1nc2ccc(-c3ccnc(N(C)Sc4ccccc4F)n3)cc2s1. The third kappa shape index (κ3) is 4.36. The Morgan fingerprint density at radius 2 is 2.00 bits per heavy atom. The molecule has 4 rings (SSSR count). The third-order valence-electron chi connectivity index (χ3n) is 3.96. The van der Waals surface area contributed by atoms with E-state index in [1.165, 1.54) is 36.3 Å². The number of carbonyl (C=O) groups excluding carboxylic acids is 1. The fraction of sp³-hybridized carbons (Fsp3) is 0.100. The number of hydrogen-bond acceptors (Lipinski definition) is 7. The van der Waals surface area contributed by atoms with E-state index in [0.29, 0.717) is 16.0 Å². The first-order valence-electron chi connectivity index (χ1n) is 8.67. The molecule has 6 nitrogen and oxygen atoms in total. The monoisotopic (exact) mass is 425 g/mol. The fourth-order valence-electron chi connectivity index (χ4n) is 2.66. The van der Waals surface area contributed by atoms with E-state index in [-0.39, 0.29) is 11.7 Å². The highest BCUT2D eigenvalue weighted by molar-refractivity contribution is 8.00. The van der Waals surface area contributed by atoms with Gasteiger partial charge in [0, 0.05) is 25.7 Å². The van der Waals surface area contributed by atoms with Crippen LogP contribution in [0.4, 0.5) is 15.5 Å². The number of rotatable bonds is 5. The van der Waals surface area contributed by atoms with Crippen LogP contribution in [-0.2, 0) is 4.79 Å². The summed E-state index contributed by atoms with van der Waals surface area (Å²) in [6.07, 6.45) is 1.68. The number of benzene rings is 2. The van der Waals surface area contributed by atoms with Crippen LogP contribution in [0.25, 0.3) is 21.5 Å². The van der Waals surface area contributed by atoms with Gasteiger partial charge in [0.05, 0.1) is 20.8 Å². The van der Waals surface area contributed by atoms with Gasteiger partial charge in [0.1, 0.15) is 5.82 Å². The molecular weight excluding hydrogens is 409 g/mol. The summed E-state index contributed by atoms with van der Waals surface area (Å²) in [6, 6.07) is 14.2. The molecule has 0 aliphatic rings. The number of nitrogens with one attached hydrogen (secondary N) is 1. The maximum atomic E-state index is 13.9. The van der Waals surface area contributed by atoms with Crippen LogP contribution in [-0.4, -0.2) is 27.9 Å². The van der Waals surface area contributed by atoms with E-state index in [1.807, 2.05) is 24.3 Å². The normalized spacial score (nSPS) is 10.9. The Balaban J connectivity index is 1.61. The maximum Gasteiger partial charge on any atom is 0.236 e. The average molecular weight is 426 g/mol. The van der Waals surface area contributed by atoms with Crippen LogP contribution in [0.1, 0.15) is 6.92 Å². The summed E-state index contributed by atoms with van der Waals surface area (Å²) in [4.78, 5) is 25.1. The molecule has 0 saturated heterocycles. The van der Waals surface area contributed by atoms with E-state index in [2.05, 4.69) is 20.3 Å². The summed E-state index contributed by atoms with van der Waals surface area (Å²) in [5.74, 6) is 0.0327. The number of carbonyl (C=O) groups is 1. The third-order valence-corrected chi connectivity index (χ3v) is 5.86. The molecular formula is C20H16FN5OS2. The lowest BCUT2D eigenvalue weighted by Gasteiger charge is -2.16. The van der Waals surface area contributed by atoms with Gasteiger partial charge in [-0.25, -0.2) is 19.3 Å². The Kier molecular flexibility index (Phi) is 5.41. The minimum Gasteiger partial charge on any atom is -0.302 e. The predicted molar refractivity (Wildman–Crippen MR) is 116 cm³/mol. The van der Waals surface area contributed by atoms with E-state index in [0.717, 1.165) is 21.5 Å². The van der Waals surface area contributed by atoms with Crippen molar-refractivity contribution < 1.29 is 9.18 Å². The number of nitrogens with zero attached hydrogens (tertiary/aromatic N) is 4. The fourth-order valence-corrected chi connectivity index (χ4v) is 4.37. The molecule has 9 heteroatoms. The molecule has 1 N–H and O–H groups in total. The first-order valence-corrected chi connectivity index (χ1v) is 10.3. The summed E-state index contributed by atoms with van der Waals surface area (Å²) in [6.45, 7) is 1.45. The molecule has 29 heavy (non-hydrogen) atoms. The van der Waals surface area contributed by atoms with Crippen molar-refractivity contribution in [2.45, 2.75) is 11.8 Å². The molecule has 0 radical (unpaired) electrons. The summed E-state index contributed by atoms with van der Waals surface area (Å²) in [5.41, 5.74) is 2.46. The van der Waals surface area contributed by atoms with Crippen molar-refractivity contribution in [1.29, 1.82) is 0 Å². The van der Waals surface area contributed by atoms with Gasteiger partial charge in [-0.15, -0.1) is 0 Å². The molecule has 0 aliphatic heterocycles. The van der Waals surface area contributed by atoms with Crippen LogP contribution < -0.4 is 9.62 Å². The molecule has 0 fully saturated rings. The van der Waals surface area contributed by atoms with Gasteiger partial charge in [-0.05, 0) is 42.3 Å². The number of thiazole rings is 1. The minimum atomic E-state index is -0.286. The molecule has 0 aliphatic carbocycles. The van der Waals surface area contributed by atoms with Crippen molar-refractivity contribution in [1.82, 2.24) is 15.0 Å². The standard InChI is InChI=1S/C20H16FN5OS2/c1-12(27)23-20-25-16-8-7-13(11-18(16)28-20)15-9-10-22-19(24-15)26(2)29-17-6-4-3-5-14(17)21/h3-11H,1-2H3,(H,23,25,27). The van der Waals surface area contributed by atoms with E-state index in [4.69, 9.17) is 0 Å². The highest BCUT2D eigenvalue weighted by Crippen LogP contribution is 2.31. The topological polar surface area (TPSA) is 71.0 Å². The lowest BCUT2D eigenvalue weighted by molar-refractivity contribution is -0.114. The molecule has 0 bridgehead atoms. The van der Waals surface area contributed by atoms with Gasteiger partial charge < -0.3 is 5.32 Å². The lowest BCUT2D eigenvalue weighted by Crippen LogP contribution is -2.10. The molecule has 0 saturated carbocycles. The van der Waals surface area contributed by atoms with Crippen molar-refractivity contribution >= 4 is 50.5 Å². The van der Waals surface area contributed by atoms with E-state index in [1.54, 1.807) is 35.7 Å². The zero-order valence-electron chi connectivity index (χ0n) is 15.6. The van der Waals surface area contributed by atoms with Gasteiger partial charge in [0.25, 0.3) is 0 Å². The molecule has 146 valence electrons. The van der Waals surface area contributed by atoms with Crippen LogP contribution in [0, 0.1) is 5.82 Å². The Bertz CT molecular complexity index is 1200. The Morgan fingerprint density at radius 1 is 1.17 bits per heavy atom. The molecule has 2 aromatic heterocycles. The van der Waals surface area contributed by atoms with E-state index >= 15 is 0 Å². The van der Waals surface area contributed by atoms with Crippen molar-refractivity contribution in [3.63, 3.8) is 0 Å². The quantitative estimate of drug-likeness (QED) is 0.454. The van der Waals surface area contributed by atoms with Gasteiger partial charge in [-0.2, -0.15) is 0 Å². The average Bonchev–Trinajstić information content (AvgIpc) is 3.10. The number of aromatic nitrogens is 3. The number of halogens is 1. The highest BCUT2D eigenvalue weighted by Gasteiger charge is 2.12. The van der Waals surface area contributed by atoms with Gasteiger partial charge in [-0.1, -0.05) is 29.5 Å². The van der Waals surface area contributed by atoms with Gasteiger partial charge in [0.2, 0.25) is 11.9 Å². The van der Waals surface area contributed by atoms with Crippen molar-refractivity contribution in [3.05, 3.63) is 60.5 Å². The molecule has 2 heterocycles. The first-order chi connectivity index (χ1) is 14.0. The zero-order chi connectivity index (χ0) is 20.4. The highest BCUT2D eigenvalue weighted by atomic mass is 32.2. The van der Waals surface area contributed by atoms with Gasteiger partial charge in [-0.3, -0.25) is 9.10 Å². The molecule has 4 aromatic rings. The smallest absolute Gasteiger partial charge is 0.236 e. The molecule has 2 aromatic carbocycles. The van der Waals surface area contributed by atoms with Crippen molar-refractivity contribution in [2.75, 3.05) is 16.7 Å². The summed E-state index contributed by atoms with van der Waals surface area (Å²) >= 11 is 2.63. The Labute approximate surface area is 175 Å². The zero-order valence-corrected chi connectivity index (χ0v) is 17.2. The number of anilines is 2. The molecule has 0 spiro atoms. The van der Waals surface area contributed by atoms with Crippen LogP contribution in [0.2, 0.25) is 0 Å². The van der Waals surface area contributed by atoms with Crippen LogP contribution in [0.15, 0.2) is 59.6 Å². The summed E-state index contributed by atoms with van der Waals surface area (Å²) < 4.78 is 16.6. The summed E-state index contributed by atoms with van der Waals surface area (Å²) in [7, 11) is 1.79. The summed E-state index contributed by atoms with van der Waals surface area (Å²) in [5, 5.41) is 3.27. The van der Waals surface area contributed by atoms with Crippen LogP contribution in [0.3, 0.4) is 0 Å². The second-order valence-electron chi connectivity index (χ2n) is 6.14. The van der Waals surface area contributed by atoms with Gasteiger partial charge in [0.15, 0.2) is 5.13 Å². The van der Waals surface area contributed by atoms with Crippen molar-refractivity contribution in [2.24, 2.45) is 0 Å². The van der Waals surface area contributed by atoms with E-state index < -0.39 is 0 Å². The van der Waals surface area contributed by atoms with Crippen LogP contribution in [0.5, 0.6) is 0 Å². The molecule has 0 unspecified atom stereocenters.